The third kappa shape index (κ3) is 4.91. The van der Waals surface area contributed by atoms with Gasteiger partial charge in [0.05, 0.1) is 19.9 Å². The summed E-state index contributed by atoms with van der Waals surface area (Å²) in [6.07, 6.45) is 0. The lowest BCUT2D eigenvalue weighted by molar-refractivity contribution is -0.133. The Morgan fingerprint density at radius 2 is 1.62 bits per heavy atom. The lowest BCUT2D eigenvalue weighted by Crippen LogP contribution is -2.50. The molecular weight excluding hydrogens is 408 g/mol. The first-order valence-electron chi connectivity index (χ1n) is 10.4. The molecule has 0 radical (unpaired) electrons. The van der Waals surface area contributed by atoms with E-state index >= 15 is 0 Å². The molecule has 0 atom stereocenters. The number of carbonyl (C=O) groups is 1. The Morgan fingerprint density at radius 1 is 0.875 bits per heavy atom. The summed E-state index contributed by atoms with van der Waals surface area (Å²) in [5, 5.41) is 8.78. The van der Waals surface area contributed by atoms with Crippen LogP contribution in [-0.4, -0.2) is 68.0 Å². The molecule has 1 amide bonds. The first kappa shape index (κ1) is 21.4. The molecule has 1 aliphatic rings. The minimum Gasteiger partial charge on any atom is -0.493 e. The van der Waals surface area contributed by atoms with Crippen molar-refractivity contribution in [2.24, 2.45) is 0 Å². The third-order valence-electron chi connectivity index (χ3n) is 5.39. The van der Waals surface area contributed by atoms with Gasteiger partial charge in [-0.25, -0.2) is 0 Å². The fourth-order valence-corrected chi connectivity index (χ4v) is 3.58. The Labute approximate surface area is 187 Å². The standard InChI is InChI=1S/C24H26N4O4/c1-30-21-10-8-18(16-22(21)31-2)20-9-11-23(26-25-20)27-12-14-28(15-13-27)24(29)17-32-19-6-4-3-5-7-19/h3-11,16H,12-15,17H2,1-2H3. The second-order valence-corrected chi connectivity index (χ2v) is 7.32. The number of hydrogen-bond donors (Lipinski definition) is 0. The van der Waals surface area contributed by atoms with E-state index in [4.69, 9.17) is 14.2 Å². The molecule has 32 heavy (non-hydrogen) atoms. The number of para-hydroxylation sites is 1. The monoisotopic (exact) mass is 434 g/mol. The van der Waals surface area contributed by atoms with E-state index in [0.29, 0.717) is 43.4 Å². The zero-order valence-corrected chi connectivity index (χ0v) is 18.2. The molecule has 8 heteroatoms. The zero-order valence-electron chi connectivity index (χ0n) is 18.2. The minimum atomic E-state index is -0.0108. The van der Waals surface area contributed by atoms with Crippen LogP contribution < -0.4 is 19.1 Å². The van der Waals surface area contributed by atoms with Crippen LogP contribution in [0, 0.1) is 0 Å². The summed E-state index contributed by atoms with van der Waals surface area (Å²) < 4.78 is 16.2. The van der Waals surface area contributed by atoms with Gasteiger partial charge in [-0.05, 0) is 42.5 Å². The van der Waals surface area contributed by atoms with Crippen LogP contribution in [0.3, 0.4) is 0 Å². The van der Waals surface area contributed by atoms with Crippen LogP contribution in [0.4, 0.5) is 5.82 Å². The quantitative estimate of drug-likeness (QED) is 0.566. The summed E-state index contributed by atoms with van der Waals surface area (Å²) in [6, 6.07) is 18.9. The van der Waals surface area contributed by atoms with Gasteiger partial charge in [-0.3, -0.25) is 4.79 Å². The van der Waals surface area contributed by atoms with Crippen molar-refractivity contribution >= 4 is 11.7 Å². The normalized spacial score (nSPS) is 13.6. The predicted molar refractivity (Wildman–Crippen MR) is 121 cm³/mol. The Hall–Kier alpha value is -3.81. The molecule has 0 unspecified atom stereocenters. The van der Waals surface area contributed by atoms with E-state index in [-0.39, 0.29) is 12.5 Å². The fourth-order valence-electron chi connectivity index (χ4n) is 3.58. The molecule has 1 saturated heterocycles. The minimum absolute atomic E-state index is 0.0108. The highest BCUT2D eigenvalue weighted by Crippen LogP contribution is 2.31. The van der Waals surface area contributed by atoms with Gasteiger partial charge >= 0.3 is 0 Å². The second kappa shape index (κ2) is 10.00. The number of piperazine rings is 1. The molecule has 8 nitrogen and oxygen atoms in total. The van der Waals surface area contributed by atoms with E-state index in [2.05, 4.69) is 15.1 Å². The maximum absolute atomic E-state index is 12.4. The van der Waals surface area contributed by atoms with Crippen molar-refractivity contribution in [1.82, 2.24) is 15.1 Å². The second-order valence-electron chi connectivity index (χ2n) is 7.32. The Kier molecular flexibility index (Phi) is 6.69. The molecule has 3 aromatic rings. The number of aromatic nitrogens is 2. The van der Waals surface area contributed by atoms with Crippen molar-refractivity contribution in [2.45, 2.75) is 0 Å². The van der Waals surface area contributed by atoms with Crippen molar-refractivity contribution in [3.63, 3.8) is 0 Å². The van der Waals surface area contributed by atoms with Crippen LogP contribution in [0.1, 0.15) is 0 Å². The number of hydrogen-bond acceptors (Lipinski definition) is 7. The number of methoxy groups -OCH3 is 2. The van der Waals surface area contributed by atoms with Crippen LogP contribution in [0.25, 0.3) is 11.3 Å². The van der Waals surface area contributed by atoms with Crippen LogP contribution in [0.2, 0.25) is 0 Å². The molecule has 2 aromatic carbocycles. The van der Waals surface area contributed by atoms with Crippen molar-refractivity contribution in [3.8, 4) is 28.5 Å². The largest absolute Gasteiger partial charge is 0.493 e. The number of anilines is 1. The summed E-state index contributed by atoms with van der Waals surface area (Å²) in [7, 11) is 3.21. The van der Waals surface area contributed by atoms with Crippen molar-refractivity contribution in [1.29, 1.82) is 0 Å². The van der Waals surface area contributed by atoms with E-state index in [1.807, 2.05) is 65.6 Å². The predicted octanol–water partition coefficient (Wildman–Crippen LogP) is 2.89. The van der Waals surface area contributed by atoms with Crippen molar-refractivity contribution < 1.29 is 19.0 Å². The molecule has 166 valence electrons. The summed E-state index contributed by atoms with van der Waals surface area (Å²) in [6.45, 7) is 2.68. The summed E-state index contributed by atoms with van der Waals surface area (Å²) in [5.74, 6) is 2.80. The van der Waals surface area contributed by atoms with Crippen LogP contribution in [0.5, 0.6) is 17.2 Å². The van der Waals surface area contributed by atoms with Gasteiger partial charge < -0.3 is 24.0 Å². The lowest BCUT2D eigenvalue weighted by atomic mass is 10.1. The Balaban J connectivity index is 1.32. The van der Waals surface area contributed by atoms with Crippen LogP contribution in [0.15, 0.2) is 60.7 Å². The molecular formula is C24H26N4O4. The molecule has 1 aliphatic heterocycles. The van der Waals surface area contributed by atoms with E-state index in [9.17, 15) is 4.79 Å². The number of benzene rings is 2. The van der Waals surface area contributed by atoms with Crippen LogP contribution >= 0.6 is 0 Å². The molecule has 0 aliphatic carbocycles. The van der Waals surface area contributed by atoms with Crippen molar-refractivity contribution in [2.75, 3.05) is 51.9 Å². The molecule has 0 saturated carbocycles. The first-order chi connectivity index (χ1) is 15.7. The molecule has 1 fully saturated rings. The third-order valence-corrected chi connectivity index (χ3v) is 5.39. The summed E-state index contributed by atoms with van der Waals surface area (Å²) >= 11 is 0. The van der Waals surface area contributed by atoms with Gasteiger partial charge in [0.15, 0.2) is 23.9 Å². The fraction of sp³-hybridized carbons (Fsp3) is 0.292. The highest BCUT2D eigenvalue weighted by molar-refractivity contribution is 5.78. The van der Waals surface area contributed by atoms with Gasteiger partial charge in [-0.2, -0.15) is 0 Å². The average Bonchev–Trinajstić information content (AvgIpc) is 2.87. The maximum atomic E-state index is 12.4. The number of rotatable bonds is 7. The Morgan fingerprint density at radius 3 is 2.28 bits per heavy atom. The number of ether oxygens (including phenoxy) is 3. The van der Waals surface area contributed by atoms with Crippen molar-refractivity contribution in [3.05, 3.63) is 60.7 Å². The van der Waals surface area contributed by atoms with Gasteiger partial charge in [-0.1, -0.05) is 18.2 Å². The van der Waals surface area contributed by atoms with E-state index in [1.165, 1.54) is 0 Å². The smallest absolute Gasteiger partial charge is 0.260 e. The molecule has 4 rings (SSSR count). The molecule has 0 N–H and O–H groups in total. The SMILES string of the molecule is COc1ccc(-c2ccc(N3CCN(C(=O)COc4ccccc4)CC3)nn2)cc1OC. The van der Waals surface area contributed by atoms with E-state index < -0.39 is 0 Å². The van der Waals surface area contributed by atoms with Gasteiger partial charge in [0.2, 0.25) is 0 Å². The van der Waals surface area contributed by atoms with Gasteiger partial charge in [0.25, 0.3) is 5.91 Å². The number of amides is 1. The highest BCUT2D eigenvalue weighted by atomic mass is 16.5. The van der Waals surface area contributed by atoms with Gasteiger partial charge in [0, 0.05) is 31.7 Å². The molecule has 0 bridgehead atoms. The Bertz CT molecular complexity index is 1040. The highest BCUT2D eigenvalue weighted by Gasteiger charge is 2.22. The topological polar surface area (TPSA) is 77.0 Å². The molecule has 0 spiro atoms. The summed E-state index contributed by atoms with van der Waals surface area (Å²) in [4.78, 5) is 16.4. The number of carbonyl (C=O) groups excluding carboxylic acids is 1. The van der Waals surface area contributed by atoms with Gasteiger partial charge in [-0.15, -0.1) is 10.2 Å². The van der Waals surface area contributed by atoms with Crippen LogP contribution in [-0.2, 0) is 4.79 Å². The van der Waals surface area contributed by atoms with E-state index in [1.54, 1.807) is 14.2 Å². The van der Waals surface area contributed by atoms with E-state index in [0.717, 1.165) is 17.1 Å². The lowest BCUT2D eigenvalue weighted by Gasteiger charge is -2.35. The van der Waals surface area contributed by atoms with Gasteiger partial charge in [0.1, 0.15) is 5.75 Å². The molecule has 2 heterocycles. The maximum Gasteiger partial charge on any atom is 0.260 e. The number of nitrogens with zero attached hydrogens (tertiary/aromatic N) is 4. The first-order valence-corrected chi connectivity index (χ1v) is 10.4. The average molecular weight is 434 g/mol. The summed E-state index contributed by atoms with van der Waals surface area (Å²) in [5.41, 5.74) is 1.65. The zero-order chi connectivity index (χ0) is 22.3. The molecule has 1 aromatic heterocycles.